The standard InChI is InChI=1S/C20H22N2O3/c23-20(19-13-15-7-2-3-8-17(15)25-19)21-14-16(18-9-6-12-24-18)22-10-4-1-5-11-22/h2-3,6-9,12-13,16H,1,4-5,10-11,14H2,(H,21,23). The lowest BCUT2D eigenvalue weighted by molar-refractivity contribution is 0.0889. The fourth-order valence-electron chi connectivity index (χ4n) is 3.49. The number of hydrogen-bond donors (Lipinski definition) is 1. The third kappa shape index (κ3) is 3.46. The lowest BCUT2D eigenvalue weighted by Gasteiger charge is -2.33. The van der Waals surface area contributed by atoms with E-state index in [0.717, 1.165) is 29.8 Å². The molecule has 0 radical (unpaired) electrons. The average Bonchev–Trinajstić information content (AvgIpc) is 3.32. The van der Waals surface area contributed by atoms with Gasteiger partial charge in [-0.25, -0.2) is 0 Å². The first kappa shape index (κ1) is 16.0. The fourth-order valence-corrected chi connectivity index (χ4v) is 3.49. The molecule has 1 aromatic carbocycles. The van der Waals surface area contributed by atoms with Gasteiger partial charge in [-0.1, -0.05) is 24.6 Å². The van der Waals surface area contributed by atoms with E-state index in [1.807, 2.05) is 36.4 Å². The highest BCUT2D eigenvalue weighted by molar-refractivity contribution is 5.96. The summed E-state index contributed by atoms with van der Waals surface area (Å²) >= 11 is 0. The highest BCUT2D eigenvalue weighted by Crippen LogP contribution is 2.25. The first-order chi connectivity index (χ1) is 12.3. The minimum Gasteiger partial charge on any atom is -0.468 e. The van der Waals surface area contributed by atoms with Crippen molar-refractivity contribution >= 4 is 16.9 Å². The summed E-state index contributed by atoms with van der Waals surface area (Å²) in [5, 5.41) is 3.95. The molecule has 1 unspecified atom stereocenters. The van der Waals surface area contributed by atoms with Crippen molar-refractivity contribution in [3.05, 3.63) is 60.2 Å². The van der Waals surface area contributed by atoms with E-state index in [2.05, 4.69) is 10.2 Å². The van der Waals surface area contributed by atoms with Gasteiger partial charge in [0, 0.05) is 11.9 Å². The Hall–Kier alpha value is -2.53. The Morgan fingerprint density at radius 2 is 1.96 bits per heavy atom. The van der Waals surface area contributed by atoms with E-state index in [4.69, 9.17) is 8.83 Å². The molecule has 5 heteroatoms. The van der Waals surface area contributed by atoms with Crippen molar-refractivity contribution in [1.82, 2.24) is 10.2 Å². The molecule has 1 aliphatic rings. The molecular weight excluding hydrogens is 316 g/mol. The summed E-state index contributed by atoms with van der Waals surface area (Å²) in [7, 11) is 0. The van der Waals surface area contributed by atoms with Crippen LogP contribution in [0.15, 0.2) is 57.6 Å². The van der Waals surface area contributed by atoms with Crippen LogP contribution < -0.4 is 5.32 Å². The van der Waals surface area contributed by atoms with E-state index in [1.54, 1.807) is 12.3 Å². The number of furan rings is 2. The molecule has 0 spiro atoms. The Balaban J connectivity index is 1.47. The fraction of sp³-hybridized carbons (Fsp3) is 0.350. The predicted octanol–water partition coefficient (Wildman–Crippen LogP) is 3.98. The number of nitrogens with zero attached hydrogens (tertiary/aromatic N) is 1. The van der Waals surface area contributed by atoms with E-state index in [0.29, 0.717) is 12.3 Å². The topological polar surface area (TPSA) is 58.6 Å². The lowest BCUT2D eigenvalue weighted by Crippen LogP contribution is -2.40. The van der Waals surface area contributed by atoms with Gasteiger partial charge in [-0.3, -0.25) is 9.69 Å². The molecule has 5 nitrogen and oxygen atoms in total. The van der Waals surface area contributed by atoms with Gasteiger partial charge in [0.25, 0.3) is 5.91 Å². The second kappa shape index (κ2) is 7.15. The molecule has 1 atom stereocenters. The molecule has 3 heterocycles. The number of amides is 1. The Kier molecular flexibility index (Phi) is 4.57. The number of fused-ring (bicyclic) bond motifs is 1. The number of para-hydroxylation sites is 1. The van der Waals surface area contributed by atoms with Gasteiger partial charge in [-0.05, 0) is 50.2 Å². The van der Waals surface area contributed by atoms with E-state index in [1.165, 1.54) is 19.3 Å². The van der Waals surface area contributed by atoms with Crippen molar-refractivity contribution in [2.45, 2.75) is 25.3 Å². The monoisotopic (exact) mass is 338 g/mol. The number of rotatable bonds is 5. The zero-order valence-corrected chi connectivity index (χ0v) is 14.1. The number of carbonyl (C=O) groups is 1. The van der Waals surface area contributed by atoms with Crippen LogP contribution in [-0.2, 0) is 0 Å². The normalized spacial score (nSPS) is 16.8. The Labute approximate surface area is 146 Å². The molecule has 1 amide bonds. The van der Waals surface area contributed by atoms with E-state index in [-0.39, 0.29) is 11.9 Å². The van der Waals surface area contributed by atoms with Crippen LogP contribution in [0.25, 0.3) is 11.0 Å². The van der Waals surface area contributed by atoms with Gasteiger partial charge in [0.05, 0.1) is 12.3 Å². The van der Waals surface area contributed by atoms with Crippen LogP contribution in [0.3, 0.4) is 0 Å². The molecule has 1 N–H and O–H groups in total. The average molecular weight is 338 g/mol. The maximum Gasteiger partial charge on any atom is 0.287 e. The van der Waals surface area contributed by atoms with Gasteiger partial charge >= 0.3 is 0 Å². The van der Waals surface area contributed by atoms with Gasteiger partial charge < -0.3 is 14.2 Å². The number of nitrogens with one attached hydrogen (secondary N) is 1. The predicted molar refractivity (Wildman–Crippen MR) is 95.4 cm³/mol. The number of piperidine rings is 1. The van der Waals surface area contributed by atoms with Crippen LogP contribution in [0.2, 0.25) is 0 Å². The largest absolute Gasteiger partial charge is 0.468 e. The van der Waals surface area contributed by atoms with Crippen LogP contribution in [0.1, 0.15) is 41.6 Å². The zero-order valence-electron chi connectivity index (χ0n) is 14.1. The highest BCUT2D eigenvalue weighted by atomic mass is 16.3. The van der Waals surface area contributed by atoms with Gasteiger partial charge in [-0.2, -0.15) is 0 Å². The van der Waals surface area contributed by atoms with Crippen molar-refractivity contribution in [2.75, 3.05) is 19.6 Å². The lowest BCUT2D eigenvalue weighted by atomic mass is 10.1. The summed E-state index contributed by atoms with van der Waals surface area (Å²) in [5.41, 5.74) is 0.728. The van der Waals surface area contributed by atoms with Crippen molar-refractivity contribution in [2.24, 2.45) is 0 Å². The molecule has 4 rings (SSSR count). The van der Waals surface area contributed by atoms with Gasteiger partial charge in [0.2, 0.25) is 0 Å². The van der Waals surface area contributed by atoms with E-state index in [9.17, 15) is 4.79 Å². The molecule has 1 aliphatic heterocycles. The number of likely N-dealkylation sites (tertiary alicyclic amines) is 1. The van der Waals surface area contributed by atoms with Crippen LogP contribution in [-0.4, -0.2) is 30.4 Å². The minimum atomic E-state index is -0.190. The molecule has 130 valence electrons. The van der Waals surface area contributed by atoms with Gasteiger partial charge in [-0.15, -0.1) is 0 Å². The summed E-state index contributed by atoms with van der Waals surface area (Å²) in [5.74, 6) is 1.05. The Bertz CT molecular complexity index is 799. The maximum atomic E-state index is 12.5. The second-order valence-electron chi connectivity index (χ2n) is 6.49. The van der Waals surface area contributed by atoms with Crippen LogP contribution in [0.4, 0.5) is 0 Å². The zero-order chi connectivity index (χ0) is 17.1. The summed E-state index contributed by atoms with van der Waals surface area (Å²) < 4.78 is 11.3. The van der Waals surface area contributed by atoms with Crippen molar-refractivity contribution < 1.29 is 13.6 Å². The second-order valence-corrected chi connectivity index (χ2v) is 6.49. The van der Waals surface area contributed by atoms with Crippen LogP contribution in [0.5, 0.6) is 0 Å². The van der Waals surface area contributed by atoms with Crippen molar-refractivity contribution in [1.29, 1.82) is 0 Å². The molecule has 2 aromatic heterocycles. The summed E-state index contributed by atoms with van der Waals surface area (Å²) in [6.45, 7) is 2.57. The molecule has 3 aromatic rings. The summed E-state index contributed by atoms with van der Waals surface area (Å²) in [6.07, 6.45) is 5.34. The quantitative estimate of drug-likeness (QED) is 0.764. The molecule has 25 heavy (non-hydrogen) atoms. The van der Waals surface area contributed by atoms with E-state index < -0.39 is 0 Å². The Morgan fingerprint density at radius 3 is 2.72 bits per heavy atom. The van der Waals surface area contributed by atoms with Crippen LogP contribution >= 0.6 is 0 Å². The molecule has 0 bridgehead atoms. The van der Waals surface area contributed by atoms with Crippen molar-refractivity contribution in [3.63, 3.8) is 0 Å². The van der Waals surface area contributed by atoms with E-state index >= 15 is 0 Å². The highest BCUT2D eigenvalue weighted by Gasteiger charge is 2.25. The van der Waals surface area contributed by atoms with Gasteiger partial charge in [0.1, 0.15) is 11.3 Å². The maximum absolute atomic E-state index is 12.5. The van der Waals surface area contributed by atoms with Crippen molar-refractivity contribution in [3.8, 4) is 0 Å². The molecule has 0 aliphatic carbocycles. The summed E-state index contributed by atoms with van der Waals surface area (Å²) in [6, 6.07) is 13.4. The minimum absolute atomic E-state index is 0.0589. The molecule has 0 saturated carbocycles. The summed E-state index contributed by atoms with van der Waals surface area (Å²) in [4.78, 5) is 14.9. The first-order valence-corrected chi connectivity index (χ1v) is 8.85. The molecular formula is C20H22N2O3. The third-order valence-corrected chi connectivity index (χ3v) is 4.81. The van der Waals surface area contributed by atoms with Gasteiger partial charge in [0.15, 0.2) is 5.76 Å². The first-order valence-electron chi connectivity index (χ1n) is 8.85. The Morgan fingerprint density at radius 1 is 1.12 bits per heavy atom. The molecule has 1 fully saturated rings. The van der Waals surface area contributed by atoms with Crippen LogP contribution in [0, 0.1) is 0 Å². The number of hydrogen-bond acceptors (Lipinski definition) is 4. The molecule has 1 saturated heterocycles. The smallest absolute Gasteiger partial charge is 0.287 e. The number of benzene rings is 1. The number of carbonyl (C=O) groups excluding carboxylic acids is 1. The SMILES string of the molecule is O=C(NCC(c1ccco1)N1CCCCC1)c1cc2ccccc2o1. The third-order valence-electron chi connectivity index (χ3n) is 4.81.